The first kappa shape index (κ1) is 13.3. The molecule has 0 bridgehead atoms. The predicted octanol–water partition coefficient (Wildman–Crippen LogP) is 4.46. The third-order valence-electron chi connectivity index (χ3n) is 2.57. The summed E-state index contributed by atoms with van der Waals surface area (Å²) in [6.45, 7) is 2.09. The minimum atomic E-state index is -0.0357. The van der Waals surface area contributed by atoms with Crippen molar-refractivity contribution in [2.45, 2.75) is 18.7 Å². The molecule has 0 saturated heterocycles. The lowest BCUT2D eigenvalue weighted by Gasteiger charge is -2.04. The third kappa shape index (κ3) is 3.21. The maximum atomic E-state index is 12.0. The molecule has 0 radical (unpaired) electrons. The second-order valence-corrected chi connectivity index (χ2v) is 5.64. The molecule has 1 amide bonds. The van der Waals surface area contributed by atoms with Gasteiger partial charge in [0.15, 0.2) is 0 Å². The van der Waals surface area contributed by atoms with Gasteiger partial charge in [-0.25, -0.2) is 0 Å². The zero-order chi connectivity index (χ0) is 13.0. The summed E-state index contributed by atoms with van der Waals surface area (Å²) in [6.07, 6.45) is 0.969. The molecule has 0 aliphatic heterocycles. The van der Waals surface area contributed by atoms with Gasteiger partial charge in [-0.2, -0.15) is 0 Å². The number of alkyl halides is 1. The topological polar surface area (TPSA) is 29.1 Å². The summed E-state index contributed by atoms with van der Waals surface area (Å²) in [5.74, 6) is -0.0357. The van der Waals surface area contributed by atoms with Crippen LogP contribution in [0, 0.1) is 0 Å². The van der Waals surface area contributed by atoms with Crippen molar-refractivity contribution in [3.8, 4) is 0 Å². The summed E-state index contributed by atoms with van der Waals surface area (Å²) >= 11 is 4.95. The van der Waals surface area contributed by atoms with Crippen molar-refractivity contribution in [3.05, 3.63) is 51.7 Å². The fourth-order valence-electron chi connectivity index (χ4n) is 1.61. The molecule has 94 valence electrons. The normalized spacial score (nSPS) is 10.3. The van der Waals surface area contributed by atoms with Crippen LogP contribution in [-0.2, 0) is 11.8 Å². The minimum absolute atomic E-state index is 0.0357. The lowest BCUT2D eigenvalue weighted by Crippen LogP contribution is -2.10. The maximum Gasteiger partial charge on any atom is 0.265 e. The van der Waals surface area contributed by atoms with Crippen LogP contribution in [0.25, 0.3) is 0 Å². The molecule has 0 aliphatic carbocycles. The highest BCUT2D eigenvalue weighted by Crippen LogP contribution is 2.19. The molecule has 1 heterocycles. The number of nitrogens with one attached hydrogen (secondary N) is 1. The lowest BCUT2D eigenvalue weighted by molar-refractivity contribution is 0.103. The van der Waals surface area contributed by atoms with Gasteiger partial charge in [0.1, 0.15) is 0 Å². The molecular weight excluding hydrogens is 310 g/mol. The SMILES string of the molecule is CCc1ccc(C(=O)Nc2cccc(CBr)c2)s1. The molecule has 0 fully saturated rings. The Bertz CT molecular complexity index is 550. The summed E-state index contributed by atoms with van der Waals surface area (Å²) < 4.78 is 0. The van der Waals surface area contributed by atoms with E-state index in [-0.39, 0.29) is 5.91 Å². The number of amides is 1. The van der Waals surface area contributed by atoms with Crippen molar-refractivity contribution in [2.24, 2.45) is 0 Å². The van der Waals surface area contributed by atoms with E-state index in [9.17, 15) is 4.79 Å². The minimum Gasteiger partial charge on any atom is -0.321 e. The van der Waals surface area contributed by atoms with Gasteiger partial charge in [-0.1, -0.05) is 35.0 Å². The first-order valence-electron chi connectivity index (χ1n) is 5.78. The molecule has 2 rings (SSSR count). The van der Waals surface area contributed by atoms with E-state index in [4.69, 9.17) is 0 Å². The van der Waals surface area contributed by atoms with Gasteiger partial charge in [0.05, 0.1) is 4.88 Å². The molecule has 0 atom stereocenters. The highest BCUT2D eigenvalue weighted by Gasteiger charge is 2.09. The lowest BCUT2D eigenvalue weighted by atomic mass is 10.2. The Kier molecular flexibility index (Phi) is 4.55. The summed E-state index contributed by atoms with van der Waals surface area (Å²) in [6, 6.07) is 11.7. The van der Waals surface area contributed by atoms with E-state index in [1.165, 1.54) is 4.88 Å². The summed E-state index contributed by atoms with van der Waals surface area (Å²) in [7, 11) is 0. The number of halogens is 1. The van der Waals surface area contributed by atoms with Gasteiger partial charge in [-0.3, -0.25) is 4.79 Å². The monoisotopic (exact) mass is 323 g/mol. The third-order valence-corrected chi connectivity index (χ3v) is 4.45. The quantitative estimate of drug-likeness (QED) is 0.827. The van der Waals surface area contributed by atoms with Crippen molar-refractivity contribution < 1.29 is 4.79 Å². The summed E-state index contributed by atoms with van der Waals surface area (Å²) in [5, 5.41) is 3.71. The number of benzene rings is 1. The van der Waals surface area contributed by atoms with Crippen LogP contribution in [0.2, 0.25) is 0 Å². The van der Waals surface area contributed by atoms with E-state index < -0.39 is 0 Å². The van der Waals surface area contributed by atoms with Crippen LogP contribution in [0.3, 0.4) is 0 Å². The van der Waals surface area contributed by atoms with Crippen molar-refractivity contribution in [3.63, 3.8) is 0 Å². The average molecular weight is 324 g/mol. The highest BCUT2D eigenvalue weighted by molar-refractivity contribution is 9.08. The van der Waals surface area contributed by atoms with Gasteiger partial charge in [-0.15, -0.1) is 11.3 Å². The fraction of sp³-hybridized carbons (Fsp3) is 0.214. The van der Waals surface area contributed by atoms with E-state index in [0.29, 0.717) is 0 Å². The second-order valence-electron chi connectivity index (χ2n) is 3.91. The van der Waals surface area contributed by atoms with E-state index in [0.717, 1.165) is 27.9 Å². The molecule has 0 saturated carbocycles. The maximum absolute atomic E-state index is 12.0. The van der Waals surface area contributed by atoms with Crippen molar-refractivity contribution in [1.29, 1.82) is 0 Å². The van der Waals surface area contributed by atoms with E-state index in [1.807, 2.05) is 36.4 Å². The molecule has 0 aliphatic rings. The molecule has 1 aromatic carbocycles. The van der Waals surface area contributed by atoms with Crippen LogP contribution < -0.4 is 5.32 Å². The molecule has 2 aromatic rings. The Labute approximate surface area is 119 Å². The number of aryl methyl sites for hydroxylation is 1. The zero-order valence-corrected chi connectivity index (χ0v) is 12.5. The molecule has 0 unspecified atom stereocenters. The van der Waals surface area contributed by atoms with Crippen molar-refractivity contribution >= 4 is 38.9 Å². The Balaban J connectivity index is 2.10. The number of hydrogen-bond acceptors (Lipinski definition) is 2. The van der Waals surface area contributed by atoms with Crippen LogP contribution >= 0.6 is 27.3 Å². The van der Waals surface area contributed by atoms with Gasteiger partial charge >= 0.3 is 0 Å². The van der Waals surface area contributed by atoms with Crippen molar-refractivity contribution in [1.82, 2.24) is 0 Å². The predicted molar refractivity (Wildman–Crippen MR) is 80.7 cm³/mol. The Hall–Kier alpha value is -1.13. The van der Waals surface area contributed by atoms with Gasteiger partial charge in [0.2, 0.25) is 0 Å². The molecular formula is C14H14BrNOS. The van der Waals surface area contributed by atoms with Crippen LogP contribution in [0.5, 0.6) is 0 Å². The van der Waals surface area contributed by atoms with Crippen LogP contribution in [0.15, 0.2) is 36.4 Å². The molecule has 18 heavy (non-hydrogen) atoms. The molecule has 1 N–H and O–H groups in total. The summed E-state index contributed by atoms with van der Waals surface area (Å²) in [4.78, 5) is 14.0. The van der Waals surface area contributed by atoms with Gasteiger partial charge < -0.3 is 5.32 Å². The van der Waals surface area contributed by atoms with Crippen LogP contribution in [0.4, 0.5) is 5.69 Å². The molecule has 0 spiro atoms. The Morgan fingerprint density at radius 2 is 2.17 bits per heavy atom. The number of anilines is 1. The highest BCUT2D eigenvalue weighted by atomic mass is 79.9. The van der Waals surface area contributed by atoms with Gasteiger partial charge in [-0.05, 0) is 36.2 Å². The number of thiophene rings is 1. The Morgan fingerprint density at radius 3 is 2.83 bits per heavy atom. The molecule has 4 heteroatoms. The smallest absolute Gasteiger partial charge is 0.265 e. The first-order valence-corrected chi connectivity index (χ1v) is 7.71. The van der Waals surface area contributed by atoms with E-state index >= 15 is 0 Å². The second kappa shape index (κ2) is 6.16. The Morgan fingerprint density at radius 1 is 1.33 bits per heavy atom. The average Bonchev–Trinajstić information content (AvgIpc) is 2.88. The van der Waals surface area contributed by atoms with Crippen LogP contribution in [-0.4, -0.2) is 5.91 Å². The first-order chi connectivity index (χ1) is 8.72. The molecule has 1 aromatic heterocycles. The summed E-state index contributed by atoms with van der Waals surface area (Å²) in [5.41, 5.74) is 1.98. The zero-order valence-electron chi connectivity index (χ0n) is 10.1. The van der Waals surface area contributed by atoms with Gasteiger partial charge in [0.25, 0.3) is 5.91 Å². The number of rotatable bonds is 4. The van der Waals surface area contributed by atoms with Crippen molar-refractivity contribution in [2.75, 3.05) is 5.32 Å². The molecule has 2 nitrogen and oxygen atoms in total. The van der Waals surface area contributed by atoms with Gasteiger partial charge in [0, 0.05) is 15.9 Å². The van der Waals surface area contributed by atoms with E-state index in [2.05, 4.69) is 28.2 Å². The number of hydrogen-bond donors (Lipinski definition) is 1. The largest absolute Gasteiger partial charge is 0.321 e. The van der Waals surface area contributed by atoms with Crippen LogP contribution in [0.1, 0.15) is 27.0 Å². The number of carbonyl (C=O) groups excluding carboxylic acids is 1. The standard InChI is InChI=1S/C14H14BrNOS/c1-2-12-6-7-13(18-12)14(17)16-11-5-3-4-10(8-11)9-15/h3-8H,2,9H2,1H3,(H,16,17). The van der Waals surface area contributed by atoms with E-state index in [1.54, 1.807) is 11.3 Å². The number of carbonyl (C=O) groups is 1. The fourth-order valence-corrected chi connectivity index (χ4v) is 2.81.